The topological polar surface area (TPSA) is 164 Å². The number of carbonyl (C=O) groups excluding carboxylic acids is 2. The number of fused-ring (bicyclic) bond motifs is 6. The Kier molecular flexibility index (Phi) is 10.5. The number of unbranched alkanes of at least 4 members (excludes halogenated alkanes) is 1. The molecule has 312 valence electrons. The maximum Gasteiger partial charge on any atom is 0.245 e. The van der Waals surface area contributed by atoms with Crippen molar-refractivity contribution in [3.63, 3.8) is 0 Å². The highest BCUT2D eigenvalue weighted by molar-refractivity contribution is 5.94. The van der Waals surface area contributed by atoms with Crippen LogP contribution in [-0.2, 0) is 20.9 Å². The van der Waals surface area contributed by atoms with Crippen molar-refractivity contribution in [2.45, 2.75) is 76.7 Å². The van der Waals surface area contributed by atoms with E-state index in [-0.39, 0.29) is 54.3 Å². The Morgan fingerprint density at radius 1 is 1.07 bits per heavy atom. The van der Waals surface area contributed by atoms with Gasteiger partial charge >= 0.3 is 0 Å². The summed E-state index contributed by atoms with van der Waals surface area (Å²) in [5.41, 5.74) is 3.19. The van der Waals surface area contributed by atoms with E-state index in [0.717, 1.165) is 54.7 Å². The lowest BCUT2D eigenvalue weighted by Crippen LogP contribution is -2.47. The molecular formula is C42H47F2N13O3. The smallest absolute Gasteiger partial charge is 0.245 e. The number of ether oxygens (including phenoxy) is 1. The van der Waals surface area contributed by atoms with Crippen LogP contribution in [0.1, 0.15) is 44.9 Å². The number of pyridine rings is 2. The zero-order valence-corrected chi connectivity index (χ0v) is 34.0. The van der Waals surface area contributed by atoms with Gasteiger partial charge < -0.3 is 34.6 Å². The number of aromatic nitrogens is 8. The number of imidazole rings is 1. The maximum atomic E-state index is 15.5. The monoisotopic (exact) mass is 819 g/mol. The van der Waals surface area contributed by atoms with E-state index in [2.05, 4.69) is 27.2 Å². The molecule has 1 saturated heterocycles. The second-order valence-corrected chi connectivity index (χ2v) is 15.9. The molecule has 4 bridgehead atoms. The minimum absolute atomic E-state index is 0.00311. The summed E-state index contributed by atoms with van der Waals surface area (Å²) in [5, 5.41) is 11.7. The Morgan fingerprint density at radius 2 is 1.92 bits per heavy atom. The maximum absolute atomic E-state index is 15.5. The Balaban J connectivity index is 1.17. The number of nitrogens with one attached hydrogen (secondary N) is 2. The molecule has 1 aromatic carbocycles. The van der Waals surface area contributed by atoms with E-state index in [9.17, 15) is 14.0 Å². The van der Waals surface area contributed by atoms with Crippen molar-refractivity contribution < 1.29 is 23.1 Å². The number of nitrogens with zero attached hydrogens (tertiary/aromatic N) is 11. The van der Waals surface area contributed by atoms with Crippen molar-refractivity contribution in [1.29, 1.82) is 0 Å². The van der Waals surface area contributed by atoms with Gasteiger partial charge in [-0.1, -0.05) is 19.4 Å². The molecule has 16 nitrogen and oxygen atoms in total. The molecule has 3 atom stereocenters. The van der Waals surface area contributed by atoms with Gasteiger partial charge in [-0.25, -0.2) is 23.4 Å². The van der Waals surface area contributed by atoms with Gasteiger partial charge in [0.2, 0.25) is 17.8 Å². The molecule has 0 radical (unpaired) electrons. The van der Waals surface area contributed by atoms with Crippen molar-refractivity contribution >= 4 is 51.5 Å². The van der Waals surface area contributed by atoms with E-state index >= 15 is 4.39 Å². The highest BCUT2D eigenvalue weighted by atomic mass is 19.1. The van der Waals surface area contributed by atoms with Gasteiger partial charge in [0.15, 0.2) is 11.5 Å². The third-order valence-electron chi connectivity index (χ3n) is 11.5. The normalized spacial score (nSPS) is 19.4. The first kappa shape index (κ1) is 39.2. The number of carbonyl (C=O) groups is 2. The van der Waals surface area contributed by atoms with Crippen molar-refractivity contribution in [1.82, 2.24) is 49.5 Å². The molecule has 2 N–H and O–H groups in total. The molecule has 2 fully saturated rings. The largest absolute Gasteiger partial charge is 0.378 e. The number of hydrogen-bond acceptors (Lipinski definition) is 12. The summed E-state index contributed by atoms with van der Waals surface area (Å²) in [6.07, 6.45) is 6.71. The van der Waals surface area contributed by atoms with Gasteiger partial charge in [-0.05, 0) is 62.9 Å². The summed E-state index contributed by atoms with van der Waals surface area (Å²) in [7, 11) is 3.40. The Morgan fingerprint density at radius 3 is 2.70 bits per heavy atom. The third-order valence-corrected chi connectivity index (χ3v) is 11.5. The molecule has 3 aliphatic rings. The molecular weight excluding hydrogens is 773 g/mol. The van der Waals surface area contributed by atoms with Crippen molar-refractivity contribution in [2.24, 2.45) is 0 Å². The quantitative estimate of drug-likeness (QED) is 0.197. The molecule has 1 saturated carbocycles. The summed E-state index contributed by atoms with van der Waals surface area (Å²) in [6.45, 7) is 5.46. The number of rotatable bonds is 10. The Hall–Kier alpha value is -6.30. The predicted octanol–water partition coefficient (Wildman–Crippen LogP) is 4.64. The first-order chi connectivity index (χ1) is 29.1. The summed E-state index contributed by atoms with van der Waals surface area (Å²) in [5.74, 6) is 0.126. The number of benzene rings is 1. The van der Waals surface area contributed by atoms with Crippen molar-refractivity contribution in [3.05, 3.63) is 72.3 Å². The summed E-state index contributed by atoms with van der Waals surface area (Å²) < 4.78 is 39.0. The number of methoxy groups -OCH3 is 1. The van der Waals surface area contributed by atoms with Crippen LogP contribution in [0.3, 0.4) is 0 Å². The Bertz CT molecular complexity index is 2590. The average Bonchev–Trinajstić information content (AvgIpc) is 3.64. The van der Waals surface area contributed by atoms with Crippen LogP contribution >= 0.6 is 0 Å². The van der Waals surface area contributed by atoms with Crippen LogP contribution in [0.4, 0.5) is 26.4 Å². The van der Waals surface area contributed by atoms with Crippen LogP contribution in [0.5, 0.6) is 0 Å². The lowest BCUT2D eigenvalue weighted by molar-refractivity contribution is -0.132. The van der Waals surface area contributed by atoms with E-state index in [0.29, 0.717) is 54.5 Å². The van der Waals surface area contributed by atoms with Crippen LogP contribution in [0.25, 0.3) is 39.1 Å². The lowest BCUT2D eigenvalue weighted by atomic mass is 10.1. The van der Waals surface area contributed by atoms with Gasteiger partial charge in [-0.3, -0.25) is 14.6 Å². The fraction of sp³-hybridized carbons (Fsp3) is 0.429. The molecule has 9 rings (SSSR count). The predicted molar refractivity (Wildman–Crippen MR) is 222 cm³/mol. The number of anilines is 3. The minimum atomic E-state index is -0.825. The SMILES string of the molecule is CCCCN(CC(=O)NC1CC1)c1nc(N2CC3CC2C(=O)N(C)CC(OC)Cn2c(C)nc4ccnc(c42)-c2cccc(n2)N3)c2cnn(-c3ccc(F)cc3F)c2n1. The number of aryl methyl sites for hydroxylation is 1. The fourth-order valence-corrected chi connectivity index (χ4v) is 8.28. The van der Waals surface area contributed by atoms with E-state index < -0.39 is 23.8 Å². The number of halogens is 2. The van der Waals surface area contributed by atoms with Gasteiger partial charge in [0.25, 0.3) is 0 Å². The first-order valence-corrected chi connectivity index (χ1v) is 20.4. The number of likely N-dealkylation sites (N-methyl/N-ethyl adjacent to an activating group) is 1. The standard InChI is InChI=1S/C42H47F2N13O3/c1-5-6-16-54(23-36(58)49-26-11-12-26)42-51-39(29-19-46-57(40(29)52-42)33-13-10-25(43)17-30(33)44)56-20-27-18-34(56)41(59)53(3)21-28(60-4)22-55-24(2)47-32-14-15-45-37(38(32)55)31-8-7-9-35(48-27)50-31/h7-10,13-15,17,19,26-28,34H,5-6,11-12,16,18,20-23H2,1-4H3,(H,48,50)(H,49,58). The second-order valence-electron chi connectivity index (χ2n) is 15.9. The van der Waals surface area contributed by atoms with Crippen LogP contribution in [-0.4, -0.2) is 121 Å². The van der Waals surface area contributed by atoms with Crippen LogP contribution in [0, 0.1) is 18.6 Å². The summed E-state index contributed by atoms with van der Waals surface area (Å²) >= 11 is 0. The Labute approximate surface area is 345 Å². The van der Waals surface area contributed by atoms with Crippen LogP contribution in [0.15, 0.2) is 54.9 Å². The lowest BCUT2D eigenvalue weighted by Gasteiger charge is -2.31. The van der Waals surface area contributed by atoms with Gasteiger partial charge in [0.05, 0.1) is 47.5 Å². The zero-order valence-electron chi connectivity index (χ0n) is 34.0. The summed E-state index contributed by atoms with van der Waals surface area (Å²) in [4.78, 5) is 58.3. The molecule has 1 aliphatic carbocycles. The summed E-state index contributed by atoms with van der Waals surface area (Å²) in [6, 6.07) is 10.0. The van der Waals surface area contributed by atoms with Gasteiger partial charge in [0, 0.05) is 58.1 Å². The fourth-order valence-electron chi connectivity index (χ4n) is 8.28. The third kappa shape index (κ3) is 7.55. The molecule has 6 aromatic rings. The second kappa shape index (κ2) is 16.0. The first-order valence-electron chi connectivity index (χ1n) is 20.4. The van der Waals surface area contributed by atoms with Crippen molar-refractivity contribution in [3.8, 4) is 17.1 Å². The highest BCUT2D eigenvalue weighted by Crippen LogP contribution is 2.36. The van der Waals surface area contributed by atoms with E-state index in [1.165, 1.54) is 16.9 Å². The van der Waals surface area contributed by atoms with Crippen molar-refractivity contribution in [2.75, 3.05) is 55.5 Å². The van der Waals surface area contributed by atoms with E-state index in [1.807, 2.05) is 41.0 Å². The average molecular weight is 820 g/mol. The van der Waals surface area contributed by atoms with Gasteiger partial charge in [0.1, 0.15) is 40.7 Å². The highest BCUT2D eigenvalue weighted by Gasteiger charge is 2.41. The van der Waals surface area contributed by atoms with Gasteiger partial charge in [-0.15, -0.1) is 0 Å². The molecule has 60 heavy (non-hydrogen) atoms. The van der Waals surface area contributed by atoms with Crippen LogP contribution < -0.4 is 20.4 Å². The van der Waals surface area contributed by atoms with E-state index in [1.54, 1.807) is 25.3 Å². The number of amides is 2. The molecule has 2 aliphatic heterocycles. The van der Waals surface area contributed by atoms with Gasteiger partial charge in [-0.2, -0.15) is 15.1 Å². The molecule has 5 aromatic heterocycles. The zero-order chi connectivity index (χ0) is 41.7. The molecule has 7 heterocycles. The van der Waals surface area contributed by atoms with Crippen LogP contribution in [0.2, 0.25) is 0 Å². The van der Waals surface area contributed by atoms with E-state index in [4.69, 9.17) is 29.7 Å². The number of hydrogen-bond donors (Lipinski definition) is 2. The minimum Gasteiger partial charge on any atom is -0.378 e. The molecule has 0 spiro atoms. The molecule has 18 heteroatoms. The molecule has 3 unspecified atom stereocenters. The molecule has 2 amide bonds.